The molecule has 5 heteroatoms. The fourth-order valence-corrected chi connectivity index (χ4v) is 2.79. The first-order chi connectivity index (χ1) is 11.5. The molecule has 1 fully saturated rings. The molecule has 0 amide bonds. The minimum atomic E-state index is 0.0271. The van der Waals surface area contributed by atoms with Gasteiger partial charge in [0, 0.05) is 17.4 Å². The van der Waals surface area contributed by atoms with E-state index in [1.165, 1.54) is 0 Å². The summed E-state index contributed by atoms with van der Waals surface area (Å²) in [5, 5.41) is 0.944. The van der Waals surface area contributed by atoms with Crippen molar-refractivity contribution in [2.45, 2.75) is 13.3 Å². The van der Waals surface area contributed by atoms with Gasteiger partial charge in [-0.15, -0.1) is 0 Å². The lowest BCUT2D eigenvalue weighted by Crippen LogP contribution is -2.44. The van der Waals surface area contributed by atoms with E-state index in [0.717, 1.165) is 24.5 Å². The normalized spacial score (nSPS) is 15.6. The Morgan fingerprint density at radius 2 is 1.83 bits per heavy atom. The highest BCUT2D eigenvalue weighted by atomic mass is 35.5. The van der Waals surface area contributed by atoms with Crippen LogP contribution < -0.4 is 4.74 Å². The minimum absolute atomic E-state index is 0.0271. The molecule has 1 heterocycles. The van der Waals surface area contributed by atoms with Gasteiger partial charge in [-0.05, 0) is 42.0 Å². The van der Waals surface area contributed by atoms with E-state index in [2.05, 4.69) is 6.92 Å². The monoisotopic (exact) mass is 364 g/mol. The molecule has 3 nitrogen and oxygen atoms in total. The highest BCUT2D eigenvalue weighted by Gasteiger charge is 2.34. The summed E-state index contributed by atoms with van der Waals surface area (Å²) in [7, 11) is 0. The van der Waals surface area contributed by atoms with Gasteiger partial charge in [0.15, 0.2) is 5.78 Å². The third-order valence-corrected chi connectivity index (χ3v) is 4.75. The molecule has 0 spiro atoms. The fourth-order valence-electron chi connectivity index (χ4n) is 2.47. The van der Waals surface area contributed by atoms with Gasteiger partial charge in [0.1, 0.15) is 5.75 Å². The van der Waals surface area contributed by atoms with Crippen LogP contribution in [0.3, 0.4) is 0 Å². The van der Waals surface area contributed by atoms with Crippen molar-refractivity contribution in [3.8, 4) is 5.75 Å². The van der Waals surface area contributed by atoms with Crippen LogP contribution in [0, 0.1) is 5.41 Å². The fraction of sp³-hybridized carbons (Fsp3) is 0.316. The molecular formula is C19H18Cl2O3. The minimum Gasteiger partial charge on any atom is -0.493 e. The van der Waals surface area contributed by atoms with E-state index in [0.29, 0.717) is 22.2 Å². The van der Waals surface area contributed by atoms with Crippen molar-refractivity contribution >= 4 is 29.0 Å². The molecule has 3 rings (SSSR count). The first-order valence-electron chi connectivity index (χ1n) is 7.73. The number of hydrogen-bond acceptors (Lipinski definition) is 3. The van der Waals surface area contributed by atoms with E-state index in [-0.39, 0.29) is 17.6 Å². The molecule has 0 aliphatic carbocycles. The predicted molar refractivity (Wildman–Crippen MR) is 95.4 cm³/mol. The van der Waals surface area contributed by atoms with Crippen LogP contribution in [0.25, 0.3) is 0 Å². The second-order valence-electron chi connectivity index (χ2n) is 6.46. The summed E-state index contributed by atoms with van der Waals surface area (Å²) in [5.41, 5.74) is 1.58. The van der Waals surface area contributed by atoms with Gasteiger partial charge in [-0.1, -0.05) is 36.2 Å². The first kappa shape index (κ1) is 17.3. The number of carbonyl (C=O) groups is 1. The third-order valence-electron chi connectivity index (χ3n) is 4.01. The van der Waals surface area contributed by atoms with Gasteiger partial charge in [0.05, 0.1) is 29.9 Å². The number of Topliss-reactive ketones (excluding diaryl/α,β-unsaturated/α-hetero) is 1. The number of ether oxygens (including phenoxy) is 2. The SMILES string of the molecule is CC1(COc2ccc(C(=O)Cc3ccc(Cl)c(Cl)c3)cc2)COC1. The van der Waals surface area contributed by atoms with Gasteiger partial charge < -0.3 is 9.47 Å². The zero-order chi connectivity index (χ0) is 17.2. The Balaban J connectivity index is 1.59. The van der Waals surface area contributed by atoms with Crippen molar-refractivity contribution in [3.05, 3.63) is 63.6 Å². The zero-order valence-electron chi connectivity index (χ0n) is 13.4. The lowest BCUT2D eigenvalue weighted by atomic mass is 9.90. The molecule has 0 aromatic heterocycles. The summed E-state index contributed by atoms with van der Waals surface area (Å²) in [5.74, 6) is 0.786. The molecule has 1 aliphatic rings. The Labute approximate surface area is 151 Å². The van der Waals surface area contributed by atoms with Crippen LogP contribution in [-0.2, 0) is 11.2 Å². The maximum Gasteiger partial charge on any atom is 0.167 e. The van der Waals surface area contributed by atoms with Crippen molar-refractivity contribution in [1.29, 1.82) is 0 Å². The van der Waals surface area contributed by atoms with Gasteiger partial charge >= 0.3 is 0 Å². The second kappa shape index (κ2) is 7.14. The Morgan fingerprint density at radius 1 is 1.12 bits per heavy atom. The second-order valence-corrected chi connectivity index (χ2v) is 7.28. The smallest absolute Gasteiger partial charge is 0.167 e. The molecule has 2 aromatic rings. The summed E-state index contributed by atoms with van der Waals surface area (Å²) < 4.78 is 11.0. The maximum atomic E-state index is 12.4. The molecular weight excluding hydrogens is 347 g/mol. The van der Waals surface area contributed by atoms with Gasteiger partial charge in [-0.25, -0.2) is 0 Å². The van der Waals surface area contributed by atoms with E-state index in [9.17, 15) is 4.79 Å². The van der Waals surface area contributed by atoms with Crippen molar-refractivity contribution in [2.75, 3.05) is 19.8 Å². The Hall–Kier alpha value is -1.55. The van der Waals surface area contributed by atoms with Crippen LogP contribution in [0.4, 0.5) is 0 Å². The number of halogens is 2. The van der Waals surface area contributed by atoms with Crippen LogP contribution in [0.5, 0.6) is 5.75 Å². The van der Waals surface area contributed by atoms with Gasteiger partial charge in [-0.2, -0.15) is 0 Å². The highest BCUT2D eigenvalue weighted by molar-refractivity contribution is 6.42. The molecule has 0 atom stereocenters. The van der Waals surface area contributed by atoms with E-state index in [4.69, 9.17) is 32.7 Å². The van der Waals surface area contributed by atoms with Gasteiger partial charge in [0.2, 0.25) is 0 Å². The van der Waals surface area contributed by atoms with Crippen LogP contribution in [0.15, 0.2) is 42.5 Å². The first-order valence-corrected chi connectivity index (χ1v) is 8.49. The molecule has 0 unspecified atom stereocenters. The molecule has 2 aromatic carbocycles. The summed E-state index contributed by atoms with van der Waals surface area (Å²) in [6.45, 7) is 4.20. The average Bonchev–Trinajstić information content (AvgIpc) is 2.55. The molecule has 0 N–H and O–H groups in total. The molecule has 1 aliphatic heterocycles. The number of ketones is 1. The zero-order valence-corrected chi connectivity index (χ0v) is 14.9. The van der Waals surface area contributed by atoms with E-state index in [1.54, 1.807) is 24.3 Å². The Morgan fingerprint density at radius 3 is 2.42 bits per heavy atom. The highest BCUT2D eigenvalue weighted by Crippen LogP contribution is 2.28. The van der Waals surface area contributed by atoms with Crippen LogP contribution >= 0.6 is 23.2 Å². The predicted octanol–water partition coefficient (Wildman–Crippen LogP) is 4.83. The number of rotatable bonds is 6. The summed E-state index contributed by atoms with van der Waals surface area (Å²) in [6.07, 6.45) is 0.284. The van der Waals surface area contributed by atoms with Crippen LogP contribution in [0.1, 0.15) is 22.8 Å². The average molecular weight is 365 g/mol. The molecule has 1 saturated heterocycles. The number of benzene rings is 2. The lowest BCUT2D eigenvalue weighted by molar-refractivity contribution is -0.120. The topological polar surface area (TPSA) is 35.5 Å². The molecule has 0 bridgehead atoms. The van der Waals surface area contributed by atoms with Crippen molar-refractivity contribution in [3.63, 3.8) is 0 Å². The molecule has 0 saturated carbocycles. The van der Waals surface area contributed by atoms with E-state index >= 15 is 0 Å². The molecule has 126 valence electrons. The van der Waals surface area contributed by atoms with Crippen molar-refractivity contribution in [1.82, 2.24) is 0 Å². The van der Waals surface area contributed by atoms with Crippen LogP contribution in [-0.4, -0.2) is 25.6 Å². The summed E-state index contributed by atoms with van der Waals surface area (Å²) in [4.78, 5) is 12.4. The third kappa shape index (κ3) is 4.10. The number of carbonyl (C=O) groups excluding carboxylic acids is 1. The quantitative estimate of drug-likeness (QED) is 0.688. The summed E-state index contributed by atoms with van der Waals surface area (Å²) >= 11 is 11.9. The van der Waals surface area contributed by atoms with E-state index in [1.807, 2.05) is 18.2 Å². The van der Waals surface area contributed by atoms with Gasteiger partial charge in [0.25, 0.3) is 0 Å². The lowest BCUT2D eigenvalue weighted by Gasteiger charge is -2.37. The largest absolute Gasteiger partial charge is 0.493 e. The summed E-state index contributed by atoms with van der Waals surface area (Å²) in [6, 6.07) is 12.5. The van der Waals surface area contributed by atoms with Crippen molar-refractivity contribution < 1.29 is 14.3 Å². The maximum absolute atomic E-state index is 12.4. The molecule has 24 heavy (non-hydrogen) atoms. The Bertz CT molecular complexity index is 737. The van der Waals surface area contributed by atoms with Gasteiger partial charge in [-0.3, -0.25) is 4.79 Å². The van der Waals surface area contributed by atoms with Crippen LogP contribution in [0.2, 0.25) is 10.0 Å². The van der Waals surface area contributed by atoms with E-state index < -0.39 is 0 Å². The molecule has 0 radical (unpaired) electrons. The number of hydrogen-bond donors (Lipinski definition) is 0. The van der Waals surface area contributed by atoms with Crippen molar-refractivity contribution in [2.24, 2.45) is 5.41 Å². The Kier molecular flexibility index (Phi) is 5.14. The standard InChI is InChI=1S/C19H18Cl2O3/c1-19(10-23-11-19)12-24-15-5-3-14(4-6-15)18(22)9-13-2-7-16(20)17(21)8-13/h2-8H,9-12H2,1H3.